The Labute approximate surface area is 200 Å². The predicted octanol–water partition coefficient (Wildman–Crippen LogP) is 1.66. The molecule has 3 aliphatic rings. The van der Waals surface area contributed by atoms with Crippen LogP contribution in [-0.4, -0.2) is 69.7 Å². The van der Waals surface area contributed by atoms with Gasteiger partial charge in [-0.15, -0.1) is 0 Å². The summed E-state index contributed by atoms with van der Waals surface area (Å²) in [4.78, 5) is 24.1. The number of ether oxygens (including phenoxy) is 2. The van der Waals surface area contributed by atoms with E-state index in [0.717, 1.165) is 32.5 Å². The van der Waals surface area contributed by atoms with E-state index < -0.39 is 16.3 Å². The summed E-state index contributed by atoms with van der Waals surface area (Å²) in [5.74, 6) is 0.265. The van der Waals surface area contributed by atoms with Crippen molar-refractivity contribution < 1.29 is 27.5 Å². The third-order valence-electron chi connectivity index (χ3n) is 6.94. The number of piperidine rings is 1. The molecular formula is C24H33N3O6S. The van der Waals surface area contributed by atoms with Gasteiger partial charge in [0.05, 0.1) is 11.0 Å². The Balaban J connectivity index is 1.30. The molecule has 2 amide bonds. The molecule has 3 unspecified atom stereocenters. The lowest BCUT2D eigenvalue weighted by atomic mass is 9.94. The Bertz CT molecular complexity index is 990. The van der Waals surface area contributed by atoms with E-state index in [4.69, 9.17) is 9.47 Å². The predicted molar refractivity (Wildman–Crippen MR) is 125 cm³/mol. The Morgan fingerprint density at radius 2 is 1.88 bits per heavy atom. The van der Waals surface area contributed by atoms with Gasteiger partial charge in [-0.25, -0.2) is 8.42 Å². The highest BCUT2D eigenvalue weighted by Gasteiger charge is 2.42. The molecule has 0 saturated carbocycles. The maximum atomic E-state index is 13.2. The van der Waals surface area contributed by atoms with Crippen molar-refractivity contribution in [2.75, 3.05) is 32.8 Å². The van der Waals surface area contributed by atoms with Gasteiger partial charge >= 0.3 is 0 Å². The van der Waals surface area contributed by atoms with Crippen molar-refractivity contribution in [3.8, 4) is 0 Å². The monoisotopic (exact) mass is 491 g/mol. The average molecular weight is 492 g/mol. The maximum Gasteiger partial charge on any atom is 0.251 e. The van der Waals surface area contributed by atoms with Crippen LogP contribution in [0.25, 0.3) is 0 Å². The SMILES string of the molecule is C=CC(=O)NC1CC2CCN(S(=O)(=O)c3ccc(C(=O)NCCC4CCOCC4)cc3)CC2O1. The Morgan fingerprint density at radius 1 is 1.15 bits per heavy atom. The van der Waals surface area contributed by atoms with Crippen LogP contribution in [0, 0.1) is 11.8 Å². The zero-order valence-electron chi connectivity index (χ0n) is 19.3. The molecule has 0 aromatic heterocycles. The second-order valence-corrected chi connectivity index (χ2v) is 11.1. The molecule has 0 aliphatic carbocycles. The number of fused-ring (bicyclic) bond motifs is 1. The number of hydrogen-bond donors (Lipinski definition) is 2. The molecule has 1 aromatic rings. The largest absolute Gasteiger partial charge is 0.381 e. The number of benzene rings is 1. The normalized spacial score (nSPS) is 25.9. The molecule has 186 valence electrons. The van der Waals surface area contributed by atoms with Crippen LogP contribution in [0.15, 0.2) is 41.8 Å². The topological polar surface area (TPSA) is 114 Å². The van der Waals surface area contributed by atoms with Crippen molar-refractivity contribution in [1.82, 2.24) is 14.9 Å². The molecule has 3 saturated heterocycles. The van der Waals surface area contributed by atoms with Gasteiger partial charge in [-0.3, -0.25) is 9.59 Å². The van der Waals surface area contributed by atoms with Crippen LogP contribution in [-0.2, 0) is 24.3 Å². The molecule has 4 rings (SSSR count). The van der Waals surface area contributed by atoms with E-state index in [1.807, 2.05) is 0 Å². The highest BCUT2D eigenvalue weighted by atomic mass is 32.2. The number of amides is 2. The minimum Gasteiger partial charge on any atom is -0.381 e. The van der Waals surface area contributed by atoms with E-state index in [2.05, 4.69) is 17.2 Å². The molecule has 0 bridgehead atoms. The van der Waals surface area contributed by atoms with Gasteiger partial charge in [-0.05, 0) is 74.3 Å². The summed E-state index contributed by atoms with van der Waals surface area (Å²) < 4.78 is 39.0. The van der Waals surface area contributed by atoms with Gasteiger partial charge < -0.3 is 20.1 Å². The van der Waals surface area contributed by atoms with Crippen molar-refractivity contribution in [3.63, 3.8) is 0 Å². The zero-order valence-corrected chi connectivity index (χ0v) is 20.1. The fourth-order valence-electron chi connectivity index (χ4n) is 4.89. The van der Waals surface area contributed by atoms with E-state index in [1.54, 1.807) is 12.1 Å². The number of hydrogen-bond acceptors (Lipinski definition) is 6. The second-order valence-electron chi connectivity index (χ2n) is 9.15. The lowest BCUT2D eigenvalue weighted by Gasteiger charge is -2.33. The lowest BCUT2D eigenvalue weighted by Crippen LogP contribution is -2.45. The van der Waals surface area contributed by atoms with Crippen molar-refractivity contribution in [2.24, 2.45) is 11.8 Å². The van der Waals surface area contributed by atoms with E-state index in [9.17, 15) is 18.0 Å². The summed E-state index contributed by atoms with van der Waals surface area (Å²) in [7, 11) is -3.71. The van der Waals surface area contributed by atoms with Crippen LogP contribution < -0.4 is 10.6 Å². The smallest absolute Gasteiger partial charge is 0.251 e. The molecule has 10 heteroatoms. The number of carbonyl (C=O) groups excluding carboxylic acids is 2. The van der Waals surface area contributed by atoms with Gasteiger partial charge in [0, 0.05) is 38.4 Å². The van der Waals surface area contributed by atoms with Gasteiger partial charge in [0.15, 0.2) is 0 Å². The fraction of sp³-hybridized carbons (Fsp3) is 0.583. The molecule has 3 aliphatic heterocycles. The molecule has 3 fully saturated rings. The van der Waals surface area contributed by atoms with Crippen LogP contribution in [0.2, 0.25) is 0 Å². The van der Waals surface area contributed by atoms with Crippen LogP contribution >= 0.6 is 0 Å². The van der Waals surface area contributed by atoms with Gasteiger partial charge in [-0.2, -0.15) is 4.31 Å². The minimum atomic E-state index is -3.71. The van der Waals surface area contributed by atoms with Crippen LogP contribution in [0.5, 0.6) is 0 Å². The fourth-order valence-corrected chi connectivity index (χ4v) is 6.35. The number of rotatable bonds is 8. The molecule has 3 heterocycles. The number of nitrogens with one attached hydrogen (secondary N) is 2. The molecular weight excluding hydrogens is 458 g/mol. The first-order valence-electron chi connectivity index (χ1n) is 11.9. The summed E-state index contributed by atoms with van der Waals surface area (Å²) in [6.45, 7) is 6.23. The zero-order chi connectivity index (χ0) is 24.1. The van der Waals surface area contributed by atoms with Gasteiger partial charge in [0.2, 0.25) is 15.9 Å². The van der Waals surface area contributed by atoms with E-state index >= 15 is 0 Å². The Hall–Kier alpha value is -2.27. The summed E-state index contributed by atoms with van der Waals surface area (Å²) in [5.41, 5.74) is 0.435. The third-order valence-corrected chi connectivity index (χ3v) is 8.82. The number of sulfonamides is 1. The first kappa shape index (κ1) is 24.8. The van der Waals surface area contributed by atoms with Crippen LogP contribution in [0.4, 0.5) is 0 Å². The van der Waals surface area contributed by atoms with Crippen molar-refractivity contribution in [3.05, 3.63) is 42.5 Å². The van der Waals surface area contributed by atoms with Gasteiger partial charge in [-0.1, -0.05) is 6.58 Å². The Kier molecular flexibility index (Phi) is 8.02. The van der Waals surface area contributed by atoms with E-state index in [1.165, 1.54) is 22.5 Å². The summed E-state index contributed by atoms with van der Waals surface area (Å²) in [6, 6.07) is 6.07. The minimum absolute atomic E-state index is 0.152. The standard InChI is InChI=1S/C24H33N3O6S/c1-2-22(28)26-23-15-19-8-12-27(16-21(19)33-23)34(30,31)20-5-3-18(4-6-20)24(29)25-11-7-17-9-13-32-14-10-17/h2-6,17,19,21,23H,1,7-16H2,(H,25,29)(H,26,28). The molecule has 9 nitrogen and oxygen atoms in total. The molecule has 1 aromatic carbocycles. The second kappa shape index (κ2) is 11.0. The molecule has 0 radical (unpaired) electrons. The van der Waals surface area contributed by atoms with Crippen LogP contribution in [0.3, 0.4) is 0 Å². The molecule has 3 atom stereocenters. The van der Waals surface area contributed by atoms with Gasteiger partial charge in [0.25, 0.3) is 5.91 Å². The number of nitrogens with zero attached hydrogens (tertiary/aromatic N) is 1. The van der Waals surface area contributed by atoms with Crippen molar-refractivity contribution >= 4 is 21.8 Å². The van der Waals surface area contributed by atoms with Crippen molar-refractivity contribution in [1.29, 1.82) is 0 Å². The average Bonchev–Trinajstić information content (AvgIpc) is 3.26. The quantitative estimate of drug-likeness (QED) is 0.535. The third kappa shape index (κ3) is 5.86. The highest BCUT2D eigenvalue weighted by Crippen LogP contribution is 2.34. The summed E-state index contributed by atoms with van der Waals surface area (Å²) >= 11 is 0. The summed E-state index contributed by atoms with van der Waals surface area (Å²) in [5, 5.41) is 5.65. The van der Waals surface area contributed by atoms with Gasteiger partial charge in [0.1, 0.15) is 6.23 Å². The maximum absolute atomic E-state index is 13.2. The molecule has 0 spiro atoms. The molecule has 2 N–H and O–H groups in total. The highest BCUT2D eigenvalue weighted by molar-refractivity contribution is 7.89. The summed E-state index contributed by atoms with van der Waals surface area (Å²) in [6.07, 6.45) is 4.79. The molecule has 34 heavy (non-hydrogen) atoms. The Morgan fingerprint density at radius 3 is 2.59 bits per heavy atom. The lowest BCUT2D eigenvalue weighted by molar-refractivity contribution is -0.120. The number of carbonyl (C=O) groups is 2. The van der Waals surface area contributed by atoms with Crippen molar-refractivity contribution in [2.45, 2.75) is 49.3 Å². The van der Waals surface area contributed by atoms with Crippen LogP contribution in [0.1, 0.15) is 42.5 Å². The van der Waals surface area contributed by atoms with E-state index in [0.29, 0.717) is 37.4 Å². The first-order valence-corrected chi connectivity index (χ1v) is 13.4. The first-order chi connectivity index (χ1) is 16.4. The van der Waals surface area contributed by atoms with E-state index in [-0.39, 0.29) is 35.3 Å².